The van der Waals surface area contributed by atoms with Crippen LogP contribution in [0.3, 0.4) is 0 Å². The van der Waals surface area contributed by atoms with Gasteiger partial charge in [-0.1, -0.05) is 6.07 Å². The van der Waals surface area contributed by atoms with Gasteiger partial charge in [0.2, 0.25) is 5.91 Å². The Morgan fingerprint density at radius 2 is 2.07 bits per heavy atom. The number of aryl methyl sites for hydroxylation is 1. The summed E-state index contributed by atoms with van der Waals surface area (Å²) in [6.45, 7) is 6.13. The van der Waals surface area contributed by atoms with Gasteiger partial charge in [0.05, 0.1) is 5.52 Å². The third-order valence-corrected chi connectivity index (χ3v) is 4.53. The van der Waals surface area contributed by atoms with Gasteiger partial charge in [0.1, 0.15) is 11.6 Å². The van der Waals surface area contributed by atoms with E-state index in [1.807, 2.05) is 26.8 Å². The summed E-state index contributed by atoms with van der Waals surface area (Å²) < 4.78 is 12.1. The van der Waals surface area contributed by atoms with Gasteiger partial charge in [0, 0.05) is 13.0 Å². The van der Waals surface area contributed by atoms with E-state index in [-0.39, 0.29) is 18.3 Å². The van der Waals surface area contributed by atoms with Gasteiger partial charge in [0.15, 0.2) is 5.58 Å². The monoisotopic (exact) mass is 374 g/mol. The molecule has 7 heteroatoms. The third-order valence-electron chi connectivity index (χ3n) is 4.53. The molecule has 1 amide bonds. The van der Waals surface area contributed by atoms with Crippen LogP contribution in [0.25, 0.3) is 11.1 Å². The van der Waals surface area contributed by atoms with Crippen LogP contribution in [0.15, 0.2) is 27.4 Å². The van der Waals surface area contributed by atoms with Crippen molar-refractivity contribution in [3.63, 3.8) is 0 Å². The van der Waals surface area contributed by atoms with E-state index in [2.05, 4.69) is 5.32 Å². The Kier molecular flexibility index (Phi) is 5.39. The van der Waals surface area contributed by atoms with Crippen LogP contribution in [0, 0.1) is 0 Å². The first-order valence-corrected chi connectivity index (χ1v) is 9.38. The maximum absolute atomic E-state index is 12.4. The molecule has 3 rings (SSSR count). The first kappa shape index (κ1) is 19.2. The largest absolute Gasteiger partial charge is 0.460 e. The molecule has 27 heavy (non-hydrogen) atoms. The first-order valence-electron chi connectivity index (χ1n) is 9.38. The second-order valence-corrected chi connectivity index (χ2v) is 7.93. The lowest BCUT2D eigenvalue weighted by Gasteiger charge is -2.19. The zero-order chi connectivity index (χ0) is 19.6. The summed E-state index contributed by atoms with van der Waals surface area (Å²) in [7, 11) is 0. The molecule has 1 aliphatic heterocycles. The van der Waals surface area contributed by atoms with Crippen molar-refractivity contribution in [3.05, 3.63) is 34.3 Å². The Hall–Kier alpha value is -2.57. The van der Waals surface area contributed by atoms with Gasteiger partial charge in [-0.2, -0.15) is 0 Å². The molecule has 0 spiro atoms. The molecule has 0 bridgehead atoms. The zero-order valence-electron chi connectivity index (χ0n) is 16.0. The number of carbonyl (C=O) groups is 2. The third kappa shape index (κ3) is 4.59. The summed E-state index contributed by atoms with van der Waals surface area (Å²) in [5.74, 6) is -0.945. The van der Waals surface area contributed by atoms with Crippen LogP contribution in [0.2, 0.25) is 0 Å². The lowest BCUT2D eigenvalue weighted by molar-refractivity contribution is -0.154. The minimum atomic E-state index is -0.547. The van der Waals surface area contributed by atoms with Crippen LogP contribution >= 0.6 is 0 Å². The number of rotatable bonds is 4. The molecule has 0 saturated carbocycles. The van der Waals surface area contributed by atoms with Gasteiger partial charge < -0.3 is 14.5 Å². The maximum Gasteiger partial charge on any atom is 0.420 e. The van der Waals surface area contributed by atoms with Gasteiger partial charge in [-0.25, -0.2) is 4.79 Å². The second-order valence-electron chi connectivity index (χ2n) is 7.93. The maximum atomic E-state index is 12.4. The molecule has 2 heterocycles. The number of benzene rings is 1. The minimum absolute atomic E-state index is 0.147. The highest BCUT2D eigenvalue weighted by Gasteiger charge is 2.27. The number of amides is 1. The molecule has 146 valence electrons. The molecule has 2 aromatic rings. The van der Waals surface area contributed by atoms with Crippen molar-refractivity contribution in [2.24, 2.45) is 0 Å². The van der Waals surface area contributed by atoms with E-state index in [0.29, 0.717) is 30.5 Å². The standard InChI is InChI=1S/C20H26N2O5/c1-20(2,3)27-17(23)10-8-13-7-9-14-16(12-13)26-19(25)22(14)15-6-4-5-11-21-18(15)24/h7,9,12,15H,4-6,8,10-11H2,1-3H3,(H,21,24). The fraction of sp³-hybridized carbons (Fsp3) is 0.550. The van der Waals surface area contributed by atoms with Crippen molar-refractivity contribution in [2.75, 3.05) is 6.54 Å². The molecule has 1 aromatic carbocycles. The first-order chi connectivity index (χ1) is 12.7. The van der Waals surface area contributed by atoms with Crippen LogP contribution in [0.4, 0.5) is 0 Å². The molecule has 1 aliphatic rings. The topological polar surface area (TPSA) is 90.5 Å². The number of oxazole rings is 1. The normalized spacial score (nSPS) is 18.2. The molecule has 1 fully saturated rings. The van der Waals surface area contributed by atoms with Crippen LogP contribution in [0.5, 0.6) is 0 Å². The van der Waals surface area contributed by atoms with Crippen molar-refractivity contribution in [3.8, 4) is 0 Å². The van der Waals surface area contributed by atoms with E-state index < -0.39 is 17.4 Å². The van der Waals surface area contributed by atoms with E-state index >= 15 is 0 Å². The summed E-state index contributed by atoms with van der Waals surface area (Å²) in [5, 5.41) is 2.85. The summed E-state index contributed by atoms with van der Waals surface area (Å²) in [6, 6.07) is 4.84. The number of nitrogens with one attached hydrogen (secondary N) is 1. The molecular formula is C20H26N2O5. The lowest BCUT2D eigenvalue weighted by atomic mass is 10.1. The summed E-state index contributed by atoms with van der Waals surface area (Å²) >= 11 is 0. The summed E-state index contributed by atoms with van der Waals surface area (Å²) in [5.41, 5.74) is 1.39. The molecule has 1 atom stereocenters. The second kappa shape index (κ2) is 7.58. The van der Waals surface area contributed by atoms with Crippen molar-refractivity contribution in [2.45, 2.75) is 64.5 Å². The highest BCUT2D eigenvalue weighted by atomic mass is 16.6. The number of fused-ring (bicyclic) bond motifs is 1. The Balaban J connectivity index is 1.80. The average molecular weight is 374 g/mol. The predicted molar refractivity (Wildman–Crippen MR) is 101 cm³/mol. The van der Waals surface area contributed by atoms with Crippen LogP contribution < -0.4 is 11.1 Å². The van der Waals surface area contributed by atoms with Crippen LogP contribution in [0.1, 0.15) is 58.1 Å². The Bertz CT molecular complexity index is 903. The van der Waals surface area contributed by atoms with Crippen molar-refractivity contribution in [1.82, 2.24) is 9.88 Å². The molecule has 7 nitrogen and oxygen atoms in total. The van der Waals surface area contributed by atoms with Crippen LogP contribution in [-0.4, -0.2) is 28.6 Å². The summed E-state index contributed by atoms with van der Waals surface area (Å²) in [6.07, 6.45) is 3.13. The number of nitrogens with zero attached hydrogens (tertiary/aromatic N) is 1. The molecule has 1 N–H and O–H groups in total. The van der Waals surface area contributed by atoms with Gasteiger partial charge in [-0.05, 0) is 64.2 Å². The van der Waals surface area contributed by atoms with Gasteiger partial charge in [-0.3, -0.25) is 14.2 Å². The number of esters is 1. The van der Waals surface area contributed by atoms with Gasteiger partial charge in [-0.15, -0.1) is 0 Å². The van der Waals surface area contributed by atoms with E-state index in [0.717, 1.165) is 18.4 Å². The fourth-order valence-electron chi connectivity index (χ4n) is 3.34. The predicted octanol–water partition coefficient (Wildman–Crippen LogP) is 2.71. The van der Waals surface area contributed by atoms with E-state index in [9.17, 15) is 14.4 Å². The van der Waals surface area contributed by atoms with E-state index in [1.165, 1.54) is 4.57 Å². The number of hydrogen-bond donors (Lipinski definition) is 1. The lowest BCUT2D eigenvalue weighted by Crippen LogP contribution is -2.34. The summed E-state index contributed by atoms with van der Waals surface area (Å²) in [4.78, 5) is 36.6. The van der Waals surface area contributed by atoms with Gasteiger partial charge >= 0.3 is 11.7 Å². The van der Waals surface area contributed by atoms with Crippen molar-refractivity contribution in [1.29, 1.82) is 0 Å². The molecule has 0 aliphatic carbocycles. The van der Waals surface area contributed by atoms with Crippen molar-refractivity contribution >= 4 is 23.0 Å². The minimum Gasteiger partial charge on any atom is -0.460 e. The van der Waals surface area contributed by atoms with E-state index in [4.69, 9.17) is 9.15 Å². The Labute approximate surface area is 157 Å². The Morgan fingerprint density at radius 3 is 2.81 bits per heavy atom. The highest BCUT2D eigenvalue weighted by molar-refractivity contribution is 5.83. The molecule has 1 saturated heterocycles. The SMILES string of the molecule is CC(C)(C)OC(=O)CCc1ccc2c(c1)oc(=O)n2C1CCCCNC1=O. The van der Waals surface area contributed by atoms with Gasteiger partial charge in [0.25, 0.3) is 0 Å². The average Bonchev–Trinajstić information content (AvgIpc) is 2.74. The Morgan fingerprint density at radius 1 is 1.30 bits per heavy atom. The number of aromatic nitrogens is 1. The molecule has 1 aromatic heterocycles. The zero-order valence-corrected chi connectivity index (χ0v) is 16.0. The van der Waals surface area contributed by atoms with Crippen LogP contribution in [-0.2, 0) is 20.7 Å². The quantitative estimate of drug-likeness (QED) is 0.831. The molecule has 0 radical (unpaired) electrons. The fourth-order valence-corrected chi connectivity index (χ4v) is 3.34. The molecular weight excluding hydrogens is 348 g/mol. The number of ether oxygens (including phenoxy) is 1. The van der Waals surface area contributed by atoms with Crippen molar-refractivity contribution < 1.29 is 18.7 Å². The smallest absolute Gasteiger partial charge is 0.420 e. The van der Waals surface area contributed by atoms with E-state index in [1.54, 1.807) is 12.1 Å². The number of hydrogen-bond acceptors (Lipinski definition) is 5. The number of carbonyl (C=O) groups excluding carboxylic acids is 2. The molecule has 1 unspecified atom stereocenters. The highest BCUT2D eigenvalue weighted by Crippen LogP contribution is 2.24.